The number of carbonyl (C=O) groups excluding carboxylic acids is 2. The molecule has 0 bridgehead atoms. The van der Waals surface area contributed by atoms with Gasteiger partial charge in [0.1, 0.15) is 0 Å². The van der Waals surface area contributed by atoms with Crippen molar-refractivity contribution in [1.29, 1.82) is 0 Å². The summed E-state index contributed by atoms with van der Waals surface area (Å²) >= 11 is 21.6. The van der Waals surface area contributed by atoms with Crippen LogP contribution in [0.25, 0.3) is 0 Å². The standard InChI is InChI=1S/C2H3ClO2.C2H3ClO.C2H5Cl.C2H4NO.C2H4NS.CH3ClO2S/c1-5-2(3)4;1-2(3)4;1-2-3;2*1-2-3-4;1-5(3)4-2/h1H3;1H3;2H2,1H3;2*2H,1H3;1H3/q;;;2*+1;. The maximum Gasteiger partial charge on any atom is 0.421 e. The molecule has 0 radical (unpaired) electrons. The summed E-state index contributed by atoms with van der Waals surface area (Å²) in [6.07, 6.45) is 4.10. The predicted octanol–water partition coefficient (Wildman–Crippen LogP) is 3.24. The van der Waals surface area contributed by atoms with Crippen molar-refractivity contribution in [3.63, 3.8) is 0 Å². The molecule has 150 valence electrons. The molecule has 8 nitrogen and oxygen atoms in total. The highest BCUT2D eigenvalue weighted by molar-refractivity contribution is 7.80. The fraction of sp³-hybridized carbons (Fsp3) is 0.636. The Bertz CT molecular complexity index is 370. The molecular weight excluding hydrogens is 462 g/mol. The lowest BCUT2D eigenvalue weighted by Crippen LogP contribution is -1.80. The van der Waals surface area contributed by atoms with Crippen molar-refractivity contribution in [2.24, 2.45) is 0 Å². The number of halogens is 4. The summed E-state index contributed by atoms with van der Waals surface area (Å²) in [6.45, 7) is 6.54. The summed E-state index contributed by atoms with van der Waals surface area (Å²) in [5, 5.41) is -0.361. The molecule has 0 aromatic rings. The van der Waals surface area contributed by atoms with Gasteiger partial charge in [0.25, 0.3) is 6.21 Å². The van der Waals surface area contributed by atoms with Crippen LogP contribution in [0.15, 0.2) is 0 Å². The molecule has 1 atom stereocenters. The molecule has 0 aromatic carbocycles. The molecule has 0 spiro atoms. The first-order chi connectivity index (χ1) is 11.5. The van der Waals surface area contributed by atoms with E-state index in [1.807, 2.05) is 6.92 Å². The van der Waals surface area contributed by atoms with Crippen molar-refractivity contribution >= 4 is 93.3 Å². The molecule has 0 aliphatic rings. The van der Waals surface area contributed by atoms with E-state index >= 15 is 0 Å². The minimum absolute atomic E-state index is 0.361. The largest absolute Gasteiger partial charge is 0.457 e. The molecule has 14 heteroatoms. The summed E-state index contributed by atoms with van der Waals surface area (Å²) < 4.78 is 20.3. The number of hydrogen-bond donors (Lipinski definition) is 0. The zero-order chi connectivity index (χ0) is 21.7. The number of ether oxygens (including phenoxy) is 1. The SMILES string of the molecule is CC(=O)Cl.CC=[N+]=O.CC=[N+]=S.CCCl.COC(=O)Cl.CS(=O)OCl. The average Bonchev–Trinajstić information content (AvgIpc) is 2.55. The second-order valence-corrected chi connectivity index (χ2v) is 5.26. The van der Waals surface area contributed by atoms with Crippen molar-refractivity contribution in [2.75, 3.05) is 19.2 Å². The minimum Gasteiger partial charge on any atom is -0.457 e. The normalized spacial score (nSPS) is 7.44. The summed E-state index contributed by atoms with van der Waals surface area (Å²) in [5.74, 6) is 0.722. The van der Waals surface area contributed by atoms with Gasteiger partial charge in [0, 0.05) is 44.5 Å². The van der Waals surface area contributed by atoms with Crippen LogP contribution in [0, 0.1) is 4.91 Å². The minimum atomic E-state index is -1.31. The third-order valence-corrected chi connectivity index (χ3v) is 1.53. The van der Waals surface area contributed by atoms with Gasteiger partial charge < -0.3 is 4.74 Å². The molecular formula is C11H22Cl4N2O6S2+2. The predicted molar refractivity (Wildman–Crippen MR) is 111 cm³/mol. The quantitative estimate of drug-likeness (QED) is 0.243. The molecule has 0 rings (SSSR count). The number of rotatable bonds is 1. The number of nitroso groups, excluding NO2 is 1. The monoisotopic (exact) mass is 482 g/mol. The number of alkyl halides is 1. The number of carbonyl (C=O) groups is 2. The molecule has 0 amide bonds. The number of nitrogens with zero attached hydrogens (tertiary/aromatic N) is 2. The van der Waals surface area contributed by atoms with Crippen molar-refractivity contribution in [3.05, 3.63) is 4.91 Å². The fourth-order valence-corrected chi connectivity index (χ4v) is 0. The molecule has 1 unspecified atom stereocenters. The summed E-state index contributed by atoms with van der Waals surface area (Å²) in [6, 6.07) is 0. The first-order valence-electron chi connectivity index (χ1n) is 5.81. The number of hydrogen-bond acceptors (Lipinski definition) is 7. The van der Waals surface area contributed by atoms with Crippen LogP contribution in [0.3, 0.4) is 0 Å². The topological polar surface area (TPSA) is 115 Å². The van der Waals surface area contributed by atoms with Gasteiger partial charge in [0.15, 0.2) is 16.0 Å². The van der Waals surface area contributed by atoms with Gasteiger partial charge in [-0.1, -0.05) is 6.92 Å². The highest BCUT2D eigenvalue weighted by atomic mass is 35.5. The van der Waals surface area contributed by atoms with Gasteiger partial charge in [-0.2, -0.15) is 3.74 Å². The molecule has 0 saturated carbocycles. The lowest BCUT2D eigenvalue weighted by atomic mass is 10.9. The van der Waals surface area contributed by atoms with Crippen LogP contribution in [0.5, 0.6) is 0 Å². The highest BCUT2D eigenvalue weighted by Crippen LogP contribution is 1.79. The van der Waals surface area contributed by atoms with E-state index in [9.17, 15) is 13.8 Å². The first kappa shape index (κ1) is 39.6. The zero-order valence-corrected chi connectivity index (χ0v) is 19.2. The third kappa shape index (κ3) is 352. The van der Waals surface area contributed by atoms with E-state index in [0.29, 0.717) is 0 Å². The Morgan fingerprint density at radius 3 is 1.40 bits per heavy atom. The second-order valence-electron chi connectivity index (χ2n) is 2.37. The molecule has 0 aliphatic heterocycles. The van der Waals surface area contributed by atoms with E-state index in [1.54, 1.807) is 20.1 Å². The van der Waals surface area contributed by atoms with Crippen LogP contribution in [0.2, 0.25) is 0 Å². The van der Waals surface area contributed by atoms with Crippen LogP contribution in [-0.2, 0) is 36.8 Å². The lowest BCUT2D eigenvalue weighted by Gasteiger charge is -1.77. The van der Waals surface area contributed by atoms with E-state index in [0.717, 1.165) is 5.88 Å². The van der Waals surface area contributed by atoms with Gasteiger partial charge in [0.2, 0.25) is 10.1 Å². The van der Waals surface area contributed by atoms with Gasteiger partial charge in [0.05, 0.1) is 19.0 Å². The zero-order valence-electron chi connectivity index (χ0n) is 14.5. The molecule has 0 heterocycles. The van der Waals surface area contributed by atoms with Gasteiger partial charge in [-0.3, -0.25) is 4.79 Å². The van der Waals surface area contributed by atoms with Crippen LogP contribution in [-0.4, -0.2) is 46.6 Å². The molecule has 25 heavy (non-hydrogen) atoms. The molecule has 0 fully saturated rings. The average molecular weight is 484 g/mol. The van der Waals surface area contributed by atoms with Gasteiger partial charge in [-0.15, -0.1) is 11.6 Å². The molecule has 0 aliphatic carbocycles. The van der Waals surface area contributed by atoms with Crippen molar-refractivity contribution in [3.8, 4) is 0 Å². The first-order valence-corrected chi connectivity index (χ1v) is 9.25. The van der Waals surface area contributed by atoms with E-state index in [2.05, 4.69) is 64.9 Å². The van der Waals surface area contributed by atoms with E-state index < -0.39 is 16.5 Å². The third-order valence-electron chi connectivity index (χ3n) is 0.460. The summed E-state index contributed by atoms with van der Waals surface area (Å²) in [4.78, 5) is 29.8. The van der Waals surface area contributed by atoms with E-state index in [-0.39, 0.29) is 5.24 Å². The Morgan fingerprint density at radius 1 is 1.24 bits per heavy atom. The van der Waals surface area contributed by atoms with Gasteiger partial charge >= 0.3 is 24.1 Å². The van der Waals surface area contributed by atoms with Gasteiger partial charge in [-0.05, 0) is 15.6 Å². The van der Waals surface area contributed by atoms with Crippen LogP contribution >= 0.6 is 46.7 Å². The Balaban J connectivity index is -0.0000000437. The van der Waals surface area contributed by atoms with E-state index in [4.69, 9.17) is 16.5 Å². The Hall–Kier alpha value is -0.410. The summed E-state index contributed by atoms with van der Waals surface area (Å²) in [5.41, 5.74) is -0.773. The molecule has 0 saturated heterocycles. The van der Waals surface area contributed by atoms with Crippen LogP contribution < -0.4 is 8.89 Å². The Morgan fingerprint density at radius 2 is 1.40 bits per heavy atom. The Kier molecular flexibility index (Phi) is 78.4. The van der Waals surface area contributed by atoms with E-state index in [1.165, 1.54) is 26.5 Å². The van der Waals surface area contributed by atoms with Crippen molar-refractivity contribution in [1.82, 2.24) is 8.89 Å². The fourth-order valence-electron chi connectivity index (χ4n) is 0. The highest BCUT2D eigenvalue weighted by Gasteiger charge is 1.80. The molecule has 0 aromatic heterocycles. The summed E-state index contributed by atoms with van der Waals surface area (Å²) in [7, 11) is 1.22. The van der Waals surface area contributed by atoms with Crippen molar-refractivity contribution in [2.45, 2.75) is 27.7 Å². The maximum atomic E-state index is 9.57. The van der Waals surface area contributed by atoms with Gasteiger partial charge in [-0.25, -0.2) is 9.00 Å². The lowest BCUT2D eigenvalue weighted by molar-refractivity contribution is -0.109. The number of methoxy groups -OCH3 is 1. The second kappa shape index (κ2) is 49.5. The smallest absolute Gasteiger partial charge is 0.421 e. The maximum absolute atomic E-state index is 9.57. The van der Waals surface area contributed by atoms with Crippen LogP contribution in [0.1, 0.15) is 27.7 Å². The Labute approximate surface area is 175 Å². The van der Waals surface area contributed by atoms with Crippen LogP contribution in [0.4, 0.5) is 4.79 Å². The van der Waals surface area contributed by atoms with Crippen molar-refractivity contribution < 1.29 is 22.3 Å². The molecule has 0 N–H and O–H groups in total.